The number of nitrogens with one attached hydrogen (secondary N) is 2. The Kier molecular flexibility index (Phi) is 7.08. The average Bonchev–Trinajstić information content (AvgIpc) is 2.60. The lowest BCUT2D eigenvalue weighted by molar-refractivity contribution is -0.385. The highest BCUT2D eigenvalue weighted by Gasteiger charge is 2.19. The Hall–Kier alpha value is -2.27. The summed E-state index contributed by atoms with van der Waals surface area (Å²) in [6.07, 6.45) is 0. The van der Waals surface area contributed by atoms with Crippen molar-refractivity contribution in [1.82, 2.24) is 5.32 Å². The number of nitro groups is 1. The number of nitro benzene ring substituents is 1. The maximum atomic E-state index is 12.4. The van der Waals surface area contributed by atoms with Gasteiger partial charge in [-0.1, -0.05) is 0 Å². The Labute approximate surface area is 175 Å². The van der Waals surface area contributed by atoms with E-state index < -0.39 is 10.8 Å². The Morgan fingerprint density at radius 3 is 2.59 bits per heavy atom. The van der Waals surface area contributed by atoms with E-state index >= 15 is 0 Å². The summed E-state index contributed by atoms with van der Waals surface area (Å²) in [5.74, 6) is -0.428. The van der Waals surface area contributed by atoms with Crippen molar-refractivity contribution in [1.29, 1.82) is 0 Å². The van der Waals surface area contributed by atoms with Gasteiger partial charge in [-0.3, -0.25) is 20.2 Å². The third kappa shape index (κ3) is 5.36. The van der Waals surface area contributed by atoms with Crippen molar-refractivity contribution in [2.45, 2.75) is 20.8 Å². The molecule has 0 heterocycles. The second-order valence-electron chi connectivity index (χ2n) is 5.70. The highest BCUT2D eigenvalue weighted by atomic mass is 127. The summed E-state index contributed by atoms with van der Waals surface area (Å²) in [4.78, 5) is 23.0. The number of carbonyl (C=O) groups is 1. The van der Waals surface area contributed by atoms with Gasteiger partial charge in [0.05, 0.1) is 11.5 Å². The third-order valence-corrected chi connectivity index (χ3v) is 5.06. The Morgan fingerprint density at radius 2 is 1.96 bits per heavy atom. The van der Waals surface area contributed by atoms with Gasteiger partial charge < -0.3 is 10.1 Å². The van der Waals surface area contributed by atoms with E-state index in [1.165, 1.54) is 18.2 Å². The number of rotatable bonds is 5. The van der Waals surface area contributed by atoms with Crippen LogP contribution in [-0.2, 0) is 0 Å². The zero-order chi connectivity index (χ0) is 20.1. The van der Waals surface area contributed by atoms with Gasteiger partial charge >= 0.3 is 5.69 Å². The molecule has 0 bridgehead atoms. The molecule has 0 fully saturated rings. The summed E-state index contributed by atoms with van der Waals surface area (Å²) in [5.41, 5.74) is 2.70. The zero-order valence-electron chi connectivity index (χ0n) is 15.0. The lowest BCUT2D eigenvalue weighted by atomic mass is 10.1. The predicted molar refractivity (Wildman–Crippen MR) is 117 cm³/mol. The van der Waals surface area contributed by atoms with E-state index in [0.29, 0.717) is 0 Å². The molecule has 0 aliphatic heterocycles. The van der Waals surface area contributed by atoms with Gasteiger partial charge in [0.15, 0.2) is 10.9 Å². The number of amides is 1. The van der Waals surface area contributed by atoms with Crippen molar-refractivity contribution in [2.24, 2.45) is 0 Å². The van der Waals surface area contributed by atoms with E-state index in [4.69, 9.17) is 17.0 Å². The second-order valence-corrected chi connectivity index (χ2v) is 7.27. The van der Waals surface area contributed by atoms with Crippen LogP contribution in [-0.4, -0.2) is 22.5 Å². The lowest BCUT2D eigenvalue weighted by Gasteiger charge is -2.13. The van der Waals surface area contributed by atoms with Crippen molar-refractivity contribution in [2.75, 3.05) is 11.9 Å². The summed E-state index contributed by atoms with van der Waals surface area (Å²) in [6, 6.07) is 7.98. The number of benzene rings is 2. The largest absolute Gasteiger partial charge is 0.487 e. The summed E-state index contributed by atoms with van der Waals surface area (Å²) < 4.78 is 6.35. The van der Waals surface area contributed by atoms with E-state index in [1.807, 2.05) is 26.0 Å². The van der Waals surface area contributed by atoms with Crippen LogP contribution in [0.3, 0.4) is 0 Å². The first-order valence-electron chi connectivity index (χ1n) is 8.03. The first kappa shape index (κ1) is 21.0. The number of thiocarbonyl (C=S) groups is 1. The van der Waals surface area contributed by atoms with Crippen LogP contribution >= 0.6 is 34.8 Å². The van der Waals surface area contributed by atoms with E-state index in [9.17, 15) is 14.9 Å². The number of hydrogen-bond donors (Lipinski definition) is 2. The van der Waals surface area contributed by atoms with Crippen LogP contribution in [0.2, 0.25) is 0 Å². The molecule has 0 aliphatic rings. The molecule has 0 aliphatic carbocycles. The third-order valence-electron chi connectivity index (χ3n) is 3.70. The fraction of sp³-hybridized carbons (Fsp3) is 0.222. The lowest BCUT2D eigenvalue weighted by Crippen LogP contribution is -2.34. The Morgan fingerprint density at radius 1 is 1.26 bits per heavy atom. The first-order valence-corrected chi connectivity index (χ1v) is 9.52. The summed E-state index contributed by atoms with van der Waals surface area (Å²) >= 11 is 7.45. The van der Waals surface area contributed by atoms with E-state index in [0.717, 1.165) is 20.4 Å². The predicted octanol–water partition coefficient (Wildman–Crippen LogP) is 4.34. The normalized spacial score (nSPS) is 10.2. The molecule has 142 valence electrons. The van der Waals surface area contributed by atoms with Crippen LogP contribution < -0.4 is 15.4 Å². The minimum absolute atomic E-state index is 0.111. The Balaban J connectivity index is 2.15. The zero-order valence-corrected chi connectivity index (χ0v) is 17.9. The van der Waals surface area contributed by atoms with Gasteiger partial charge in [-0.25, -0.2) is 0 Å². The molecular weight excluding hydrogens is 481 g/mol. The van der Waals surface area contributed by atoms with Crippen LogP contribution in [0.5, 0.6) is 5.75 Å². The molecule has 1 amide bonds. The molecule has 0 spiro atoms. The molecule has 0 saturated heterocycles. The maximum Gasteiger partial charge on any atom is 0.311 e. The molecule has 27 heavy (non-hydrogen) atoms. The number of aryl methyl sites for hydroxylation is 2. The summed E-state index contributed by atoms with van der Waals surface area (Å²) in [5, 5.41) is 16.8. The molecule has 0 atom stereocenters. The van der Waals surface area contributed by atoms with Crippen LogP contribution in [0.25, 0.3) is 0 Å². The monoisotopic (exact) mass is 499 g/mol. The van der Waals surface area contributed by atoms with Crippen LogP contribution in [0.4, 0.5) is 11.4 Å². The van der Waals surface area contributed by atoms with Gasteiger partial charge in [-0.15, -0.1) is 0 Å². The minimum Gasteiger partial charge on any atom is -0.487 e. The smallest absolute Gasteiger partial charge is 0.311 e. The van der Waals surface area contributed by atoms with Gasteiger partial charge in [0.2, 0.25) is 0 Å². The fourth-order valence-electron chi connectivity index (χ4n) is 2.32. The molecule has 0 unspecified atom stereocenters. The van der Waals surface area contributed by atoms with Gasteiger partial charge in [0.25, 0.3) is 5.91 Å². The SMILES string of the molecule is CCOc1ccc(C(=O)NC(=S)Nc2cc(C)c(I)cc2C)cc1[N+](=O)[O-]. The molecule has 2 rings (SSSR count). The van der Waals surface area contributed by atoms with E-state index in [1.54, 1.807) is 6.92 Å². The van der Waals surface area contributed by atoms with E-state index in [-0.39, 0.29) is 28.7 Å². The van der Waals surface area contributed by atoms with Crippen LogP contribution in [0.1, 0.15) is 28.4 Å². The van der Waals surface area contributed by atoms with Crippen molar-refractivity contribution in [3.05, 3.63) is 60.7 Å². The van der Waals surface area contributed by atoms with Gasteiger partial charge in [0, 0.05) is 20.9 Å². The number of ether oxygens (including phenoxy) is 1. The highest BCUT2D eigenvalue weighted by Crippen LogP contribution is 2.28. The fourth-order valence-corrected chi connectivity index (χ4v) is 3.15. The molecule has 2 aromatic carbocycles. The average molecular weight is 499 g/mol. The maximum absolute atomic E-state index is 12.4. The number of carbonyl (C=O) groups excluding carboxylic acids is 1. The van der Waals surface area contributed by atoms with Crippen molar-refractivity contribution >= 4 is 57.2 Å². The van der Waals surface area contributed by atoms with E-state index in [2.05, 4.69) is 33.2 Å². The number of hydrogen-bond acceptors (Lipinski definition) is 5. The quantitative estimate of drug-likeness (QED) is 0.275. The first-order chi connectivity index (χ1) is 12.7. The number of halogens is 1. The van der Waals surface area contributed by atoms with Gasteiger partial charge in [-0.2, -0.15) is 0 Å². The molecule has 2 N–H and O–H groups in total. The minimum atomic E-state index is -0.587. The topological polar surface area (TPSA) is 93.5 Å². The number of nitrogens with zero attached hydrogens (tertiary/aromatic N) is 1. The molecule has 0 radical (unpaired) electrons. The second kappa shape index (κ2) is 9.09. The molecule has 2 aromatic rings. The molecular formula is C18H18IN3O4S. The van der Waals surface area contributed by atoms with Crippen molar-refractivity contribution < 1.29 is 14.5 Å². The number of anilines is 1. The standard InChI is InChI=1S/C18H18IN3O4S/c1-4-26-16-6-5-12(9-15(16)22(24)25)17(23)21-18(27)20-14-8-10(2)13(19)7-11(14)3/h5-9H,4H2,1-3H3,(H2,20,21,23,27). The highest BCUT2D eigenvalue weighted by molar-refractivity contribution is 14.1. The molecule has 0 saturated carbocycles. The van der Waals surface area contributed by atoms with Crippen LogP contribution in [0, 0.1) is 27.5 Å². The summed E-state index contributed by atoms with van der Waals surface area (Å²) in [7, 11) is 0. The molecule has 0 aromatic heterocycles. The van der Waals surface area contributed by atoms with Gasteiger partial charge in [0.1, 0.15) is 0 Å². The van der Waals surface area contributed by atoms with Crippen molar-refractivity contribution in [3.63, 3.8) is 0 Å². The van der Waals surface area contributed by atoms with Gasteiger partial charge in [-0.05, 0) is 91.0 Å². The molecule has 9 heteroatoms. The summed E-state index contributed by atoms with van der Waals surface area (Å²) in [6.45, 7) is 5.93. The Bertz CT molecular complexity index is 918. The van der Waals surface area contributed by atoms with Crippen molar-refractivity contribution in [3.8, 4) is 5.75 Å². The molecule has 7 nitrogen and oxygen atoms in total. The van der Waals surface area contributed by atoms with Crippen LogP contribution in [0.15, 0.2) is 30.3 Å².